The average Bonchev–Trinajstić information content (AvgIpc) is 2.05. The molecule has 0 saturated heterocycles. The smallest absolute Gasteiger partial charge is 0.129 e. The second-order valence-corrected chi connectivity index (χ2v) is 5.00. The lowest BCUT2D eigenvalue weighted by Gasteiger charge is -2.11. The second kappa shape index (κ2) is 7.99. The van der Waals surface area contributed by atoms with Crippen LogP contribution in [0, 0.1) is 0 Å². The minimum Gasteiger partial charge on any atom is -0.300 e. The van der Waals surface area contributed by atoms with E-state index in [-0.39, 0.29) is 0 Å². The van der Waals surface area contributed by atoms with Crippen LogP contribution >= 0.6 is 23.5 Å². The maximum Gasteiger partial charge on any atom is 0.129 e. The van der Waals surface area contributed by atoms with Crippen LogP contribution in [0.2, 0.25) is 0 Å². The van der Waals surface area contributed by atoms with Gasteiger partial charge in [-0.3, -0.25) is 0 Å². The van der Waals surface area contributed by atoms with E-state index < -0.39 is 0 Å². The predicted molar refractivity (Wildman–Crippen MR) is 60.2 cm³/mol. The summed E-state index contributed by atoms with van der Waals surface area (Å²) in [5.41, 5.74) is 0. The number of ketones is 1. The van der Waals surface area contributed by atoms with E-state index in [9.17, 15) is 4.79 Å². The van der Waals surface area contributed by atoms with Crippen LogP contribution < -0.4 is 0 Å². The molecule has 0 N–H and O–H groups in total. The minimum absolute atomic E-state index is 0.318. The van der Waals surface area contributed by atoms with E-state index in [1.54, 1.807) is 6.92 Å². The monoisotopic (exact) mass is 206 g/mol. The summed E-state index contributed by atoms with van der Waals surface area (Å²) in [5, 5.41) is 0.682. The normalized spacial score (nSPS) is 12.9. The Labute approximate surface area is 84.1 Å². The Kier molecular flexibility index (Phi) is 8.24. The first kappa shape index (κ1) is 12.4. The molecule has 1 atom stereocenters. The first-order valence-electron chi connectivity index (χ1n) is 4.22. The Bertz CT molecular complexity index is 126. The SMILES string of the molecule is CSCCC(CCC(C)=O)SC. The van der Waals surface area contributed by atoms with Crippen molar-refractivity contribution in [3.8, 4) is 0 Å². The van der Waals surface area contributed by atoms with Crippen molar-refractivity contribution in [2.75, 3.05) is 18.3 Å². The van der Waals surface area contributed by atoms with Crippen molar-refractivity contribution in [2.24, 2.45) is 0 Å². The molecule has 0 aliphatic rings. The number of hydrogen-bond donors (Lipinski definition) is 0. The van der Waals surface area contributed by atoms with Crippen LogP contribution in [0.3, 0.4) is 0 Å². The van der Waals surface area contributed by atoms with Crippen molar-refractivity contribution < 1.29 is 4.79 Å². The lowest BCUT2D eigenvalue weighted by atomic mass is 10.1. The van der Waals surface area contributed by atoms with Crippen molar-refractivity contribution >= 4 is 29.3 Å². The summed E-state index contributed by atoms with van der Waals surface area (Å²) in [6.45, 7) is 1.67. The summed E-state index contributed by atoms with van der Waals surface area (Å²) in [6.07, 6.45) is 7.29. The van der Waals surface area contributed by atoms with Gasteiger partial charge in [0.15, 0.2) is 0 Å². The summed E-state index contributed by atoms with van der Waals surface area (Å²) in [6, 6.07) is 0. The molecular weight excluding hydrogens is 188 g/mol. The zero-order valence-electron chi connectivity index (χ0n) is 8.13. The molecule has 0 saturated carbocycles. The first-order chi connectivity index (χ1) is 5.70. The van der Waals surface area contributed by atoms with Gasteiger partial charge in [0.1, 0.15) is 5.78 Å². The minimum atomic E-state index is 0.318. The molecule has 0 radical (unpaired) electrons. The molecule has 3 heteroatoms. The van der Waals surface area contributed by atoms with Gasteiger partial charge in [-0.25, -0.2) is 0 Å². The fourth-order valence-corrected chi connectivity index (χ4v) is 2.37. The average molecular weight is 206 g/mol. The molecule has 0 fully saturated rings. The van der Waals surface area contributed by atoms with Gasteiger partial charge in [0.25, 0.3) is 0 Å². The summed E-state index contributed by atoms with van der Waals surface area (Å²) in [7, 11) is 0. The lowest BCUT2D eigenvalue weighted by Crippen LogP contribution is -2.05. The molecule has 0 rings (SSSR count). The van der Waals surface area contributed by atoms with Crippen LogP contribution in [-0.4, -0.2) is 29.3 Å². The van der Waals surface area contributed by atoms with Gasteiger partial charge >= 0.3 is 0 Å². The molecule has 12 heavy (non-hydrogen) atoms. The van der Waals surface area contributed by atoms with Crippen LogP contribution in [0.5, 0.6) is 0 Å². The number of rotatable bonds is 7. The molecule has 1 unspecified atom stereocenters. The first-order valence-corrected chi connectivity index (χ1v) is 6.90. The maximum absolute atomic E-state index is 10.7. The Morgan fingerprint density at radius 1 is 1.33 bits per heavy atom. The van der Waals surface area contributed by atoms with Crippen LogP contribution in [0.15, 0.2) is 0 Å². The van der Waals surface area contributed by atoms with Crippen LogP contribution in [0.1, 0.15) is 26.2 Å². The Hall–Kier alpha value is 0.370. The maximum atomic E-state index is 10.7. The number of Topliss-reactive ketones (excluding diaryl/α,β-unsaturated/α-hetero) is 1. The van der Waals surface area contributed by atoms with E-state index >= 15 is 0 Å². The molecular formula is C9H18OS2. The zero-order valence-corrected chi connectivity index (χ0v) is 9.76. The van der Waals surface area contributed by atoms with Crippen LogP contribution in [0.4, 0.5) is 0 Å². The van der Waals surface area contributed by atoms with Gasteiger partial charge in [-0.1, -0.05) is 0 Å². The third kappa shape index (κ3) is 7.04. The van der Waals surface area contributed by atoms with Crippen molar-refractivity contribution in [3.05, 3.63) is 0 Å². The Balaban J connectivity index is 3.45. The van der Waals surface area contributed by atoms with E-state index in [2.05, 4.69) is 12.5 Å². The van der Waals surface area contributed by atoms with Gasteiger partial charge in [-0.2, -0.15) is 23.5 Å². The molecule has 0 heterocycles. The molecule has 1 nitrogen and oxygen atoms in total. The lowest BCUT2D eigenvalue weighted by molar-refractivity contribution is -0.117. The quantitative estimate of drug-likeness (QED) is 0.637. The van der Waals surface area contributed by atoms with E-state index in [4.69, 9.17) is 0 Å². The van der Waals surface area contributed by atoms with Crippen LogP contribution in [0.25, 0.3) is 0 Å². The summed E-state index contributed by atoms with van der Waals surface area (Å²) >= 11 is 3.77. The van der Waals surface area contributed by atoms with Gasteiger partial charge in [-0.05, 0) is 38.0 Å². The zero-order chi connectivity index (χ0) is 9.40. The molecule has 0 aliphatic heterocycles. The third-order valence-electron chi connectivity index (χ3n) is 1.80. The van der Waals surface area contributed by atoms with E-state index in [0.717, 1.165) is 12.8 Å². The Morgan fingerprint density at radius 3 is 2.42 bits per heavy atom. The van der Waals surface area contributed by atoms with Gasteiger partial charge in [0.2, 0.25) is 0 Å². The van der Waals surface area contributed by atoms with Gasteiger partial charge in [0, 0.05) is 11.7 Å². The molecule has 0 aromatic carbocycles. The second-order valence-electron chi connectivity index (χ2n) is 2.88. The summed E-state index contributed by atoms with van der Waals surface area (Å²) in [5.74, 6) is 1.53. The molecule has 0 aromatic heterocycles. The van der Waals surface area contributed by atoms with E-state index in [1.165, 1.54) is 12.2 Å². The third-order valence-corrected chi connectivity index (χ3v) is 3.58. The summed E-state index contributed by atoms with van der Waals surface area (Å²) < 4.78 is 0. The van der Waals surface area contributed by atoms with Crippen LogP contribution in [-0.2, 0) is 4.79 Å². The molecule has 0 spiro atoms. The van der Waals surface area contributed by atoms with Crippen molar-refractivity contribution in [2.45, 2.75) is 31.4 Å². The highest BCUT2D eigenvalue weighted by Crippen LogP contribution is 2.18. The number of carbonyl (C=O) groups is 1. The fourth-order valence-electron chi connectivity index (χ4n) is 0.994. The predicted octanol–water partition coefficient (Wildman–Crippen LogP) is 2.84. The number of hydrogen-bond acceptors (Lipinski definition) is 3. The molecule has 0 bridgehead atoms. The number of thioether (sulfide) groups is 2. The molecule has 0 aliphatic carbocycles. The van der Waals surface area contributed by atoms with E-state index in [0.29, 0.717) is 11.0 Å². The fraction of sp³-hybridized carbons (Fsp3) is 0.889. The number of carbonyl (C=O) groups excluding carboxylic acids is 1. The topological polar surface area (TPSA) is 17.1 Å². The Morgan fingerprint density at radius 2 is 2.00 bits per heavy atom. The summed E-state index contributed by atoms with van der Waals surface area (Å²) in [4.78, 5) is 10.7. The van der Waals surface area contributed by atoms with Gasteiger partial charge in [0.05, 0.1) is 0 Å². The van der Waals surface area contributed by atoms with E-state index in [1.807, 2.05) is 23.5 Å². The molecule has 0 aromatic rings. The van der Waals surface area contributed by atoms with Crippen molar-refractivity contribution in [1.29, 1.82) is 0 Å². The molecule has 0 amide bonds. The highest BCUT2D eigenvalue weighted by atomic mass is 32.2. The molecule has 72 valence electrons. The van der Waals surface area contributed by atoms with Gasteiger partial charge in [-0.15, -0.1) is 0 Å². The standard InChI is InChI=1S/C9H18OS2/c1-8(10)4-5-9(12-3)6-7-11-2/h9H,4-7H2,1-3H3. The highest BCUT2D eigenvalue weighted by Gasteiger charge is 2.07. The van der Waals surface area contributed by atoms with Gasteiger partial charge < -0.3 is 4.79 Å². The largest absolute Gasteiger partial charge is 0.300 e. The highest BCUT2D eigenvalue weighted by molar-refractivity contribution is 7.99. The van der Waals surface area contributed by atoms with Crippen molar-refractivity contribution in [3.63, 3.8) is 0 Å². The van der Waals surface area contributed by atoms with Crippen molar-refractivity contribution in [1.82, 2.24) is 0 Å².